The number of hydrogen-bond donors (Lipinski definition) is 2. The SMILES string of the molecule is COc1cc(C=CC(=O)Nc2ccccc2C(=O)O)ccc1OCc1ccc(C(C)(C)C)cc1. The Bertz CT molecular complexity index is 1190. The van der Waals surface area contributed by atoms with Gasteiger partial charge in [-0.2, -0.15) is 0 Å². The van der Waals surface area contributed by atoms with E-state index in [1.165, 1.54) is 17.7 Å². The second kappa shape index (κ2) is 10.7. The Hall–Kier alpha value is -4.06. The van der Waals surface area contributed by atoms with Crippen molar-refractivity contribution >= 4 is 23.6 Å². The van der Waals surface area contributed by atoms with Crippen LogP contribution in [-0.2, 0) is 16.8 Å². The number of methoxy groups -OCH3 is 1. The molecule has 6 nitrogen and oxygen atoms in total. The first-order valence-corrected chi connectivity index (χ1v) is 10.9. The molecule has 0 heterocycles. The van der Waals surface area contributed by atoms with Crippen molar-refractivity contribution in [3.63, 3.8) is 0 Å². The van der Waals surface area contributed by atoms with Gasteiger partial charge in [0.1, 0.15) is 6.61 Å². The largest absolute Gasteiger partial charge is 0.493 e. The molecule has 3 aromatic carbocycles. The van der Waals surface area contributed by atoms with Crippen LogP contribution in [0.1, 0.15) is 47.8 Å². The van der Waals surface area contributed by atoms with Gasteiger partial charge >= 0.3 is 5.97 Å². The van der Waals surface area contributed by atoms with E-state index in [1.807, 2.05) is 6.07 Å². The van der Waals surface area contributed by atoms with Crippen LogP contribution >= 0.6 is 0 Å². The molecule has 3 rings (SSSR count). The van der Waals surface area contributed by atoms with Gasteiger partial charge in [0, 0.05) is 6.08 Å². The number of ether oxygens (including phenoxy) is 2. The molecular formula is C28H29NO5. The number of carbonyl (C=O) groups is 2. The standard InChI is InChI=1S/C28H29NO5/c1-28(2,3)21-13-9-20(10-14-21)18-34-24-15-11-19(17-25(24)33-4)12-16-26(30)29-23-8-6-5-7-22(23)27(31)32/h5-17H,18H2,1-4H3,(H,29,30)(H,31,32). The summed E-state index contributed by atoms with van der Waals surface area (Å²) in [4.78, 5) is 23.6. The van der Waals surface area contributed by atoms with Crippen LogP contribution in [0.4, 0.5) is 5.69 Å². The average molecular weight is 460 g/mol. The van der Waals surface area contributed by atoms with E-state index in [4.69, 9.17) is 9.47 Å². The lowest BCUT2D eigenvalue weighted by Crippen LogP contribution is -2.11. The Morgan fingerprint density at radius 3 is 2.32 bits per heavy atom. The monoisotopic (exact) mass is 459 g/mol. The van der Waals surface area contributed by atoms with Crippen LogP contribution in [-0.4, -0.2) is 24.1 Å². The number of rotatable bonds is 8. The number of aromatic carboxylic acids is 1. The lowest BCUT2D eigenvalue weighted by atomic mass is 9.87. The summed E-state index contributed by atoms with van der Waals surface area (Å²) >= 11 is 0. The minimum absolute atomic E-state index is 0.0282. The molecular weight excluding hydrogens is 430 g/mol. The molecule has 1 amide bonds. The van der Waals surface area contributed by atoms with E-state index in [1.54, 1.807) is 43.5 Å². The smallest absolute Gasteiger partial charge is 0.337 e. The Morgan fingerprint density at radius 2 is 1.68 bits per heavy atom. The van der Waals surface area contributed by atoms with Crippen LogP contribution in [0.3, 0.4) is 0 Å². The average Bonchev–Trinajstić information content (AvgIpc) is 2.81. The van der Waals surface area contributed by atoms with Crippen LogP contribution < -0.4 is 14.8 Å². The minimum atomic E-state index is -1.11. The van der Waals surface area contributed by atoms with E-state index in [0.29, 0.717) is 18.1 Å². The number of carbonyl (C=O) groups excluding carboxylic acids is 1. The summed E-state index contributed by atoms with van der Waals surface area (Å²) in [6.45, 7) is 6.94. The highest BCUT2D eigenvalue weighted by Gasteiger charge is 2.13. The number of anilines is 1. The first kappa shape index (κ1) is 24.6. The van der Waals surface area contributed by atoms with Crippen molar-refractivity contribution in [2.75, 3.05) is 12.4 Å². The third kappa shape index (κ3) is 6.48. The van der Waals surface area contributed by atoms with Crippen LogP contribution in [0.5, 0.6) is 11.5 Å². The summed E-state index contributed by atoms with van der Waals surface area (Å²) in [5.74, 6) is -0.401. The zero-order chi connectivity index (χ0) is 24.7. The summed E-state index contributed by atoms with van der Waals surface area (Å²) in [5.41, 5.74) is 3.42. The van der Waals surface area contributed by atoms with E-state index in [0.717, 1.165) is 11.1 Å². The first-order valence-electron chi connectivity index (χ1n) is 10.9. The number of carboxylic acid groups (broad SMARTS) is 1. The molecule has 0 saturated heterocycles. The summed E-state index contributed by atoms with van der Waals surface area (Å²) in [5, 5.41) is 11.8. The van der Waals surface area contributed by atoms with Crippen LogP contribution in [0.2, 0.25) is 0 Å². The topological polar surface area (TPSA) is 84.9 Å². The summed E-state index contributed by atoms with van der Waals surface area (Å²) in [6, 6.07) is 20.0. The van der Waals surface area contributed by atoms with E-state index in [2.05, 4.69) is 50.4 Å². The molecule has 0 spiro atoms. The van der Waals surface area contributed by atoms with Crippen LogP contribution in [0.15, 0.2) is 72.8 Å². The maximum atomic E-state index is 12.3. The van der Waals surface area contributed by atoms with Crippen LogP contribution in [0.25, 0.3) is 6.08 Å². The highest BCUT2D eigenvalue weighted by Crippen LogP contribution is 2.30. The number of hydrogen-bond acceptors (Lipinski definition) is 4. The third-order valence-corrected chi connectivity index (χ3v) is 5.24. The molecule has 6 heteroatoms. The van der Waals surface area contributed by atoms with Crippen molar-refractivity contribution in [2.24, 2.45) is 0 Å². The molecule has 3 aromatic rings. The van der Waals surface area contributed by atoms with Crippen molar-refractivity contribution in [3.8, 4) is 11.5 Å². The summed E-state index contributed by atoms with van der Waals surface area (Å²) in [6.07, 6.45) is 2.96. The van der Waals surface area contributed by atoms with Crippen molar-refractivity contribution in [1.82, 2.24) is 0 Å². The summed E-state index contributed by atoms with van der Waals surface area (Å²) < 4.78 is 11.4. The molecule has 34 heavy (non-hydrogen) atoms. The predicted molar refractivity (Wildman–Crippen MR) is 134 cm³/mol. The second-order valence-electron chi connectivity index (χ2n) is 8.82. The first-order chi connectivity index (χ1) is 16.2. The maximum absolute atomic E-state index is 12.3. The van der Waals surface area contributed by atoms with Gasteiger partial charge in [-0.3, -0.25) is 4.79 Å². The van der Waals surface area contributed by atoms with Gasteiger partial charge in [-0.05, 0) is 52.4 Å². The zero-order valence-corrected chi connectivity index (χ0v) is 19.8. The Morgan fingerprint density at radius 1 is 0.971 bits per heavy atom. The molecule has 0 aromatic heterocycles. The molecule has 0 fully saturated rings. The Labute approximate surface area is 199 Å². The molecule has 0 aliphatic heterocycles. The van der Waals surface area contributed by atoms with E-state index < -0.39 is 11.9 Å². The quantitative estimate of drug-likeness (QED) is 0.408. The molecule has 0 unspecified atom stereocenters. The van der Waals surface area contributed by atoms with Crippen molar-refractivity contribution in [1.29, 1.82) is 0 Å². The number of nitrogens with one attached hydrogen (secondary N) is 1. The second-order valence-corrected chi connectivity index (χ2v) is 8.82. The van der Waals surface area contributed by atoms with Gasteiger partial charge < -0.3 is 19.9 Å². The van der Waals surface area contributed by atoms with Gasteiger partial charge in [0.25, 0.3) is 0 Å². The molecule has 0 aliphatic carbocycles. The minimum Gasteiger partial charge on any atom is -0.493 e. The Balaban J connectivity index is 1.65. The van der Waals surface area contributed by atoms with E-state index in [9.17, 15) is 14.7 Å². The fourth-order valence-electron chi connectivity index (χ4n) is 3.29. The normalized spacial score (nSPS) is 11.3. The van der Waals surface area contributed by atoms with Gasteiger partial charge in [-0.15, -0.1) is 0 Å². The fraction of sp³-hybridized carbons (Fsp3) is 0.214. The van der Waals surface area contributed by atoms with Crippen molar-refractivity contribution in [2.45, 2.75) is 32.8 Å². The molecule has 0 bridgehead atoms. The molecule has 0 saturated carbocycles. The zero-order valence-electron chi connectivity index (χ0n) is 19.8. The lowest BCUT2D eigenvalue weighted by molar-refractivity contribution is -0.111. The van der Waals surface area contributed by atoms with E-state index in [-0.39, 0.29) is 16.7 Å². The fourth-order valence-corrected chi connectivity index (χ4v) is 3.29. The van der Waals surface area contributed by atoms with E-state index >= 15 is 0 Å². The van der Waals surface area contributed by atoms with Crippen molar-refractivity contribution < 1.29 is 24.2 Å². The highest BCUT2D eigenvalue weighted by molar-refractivity contribution is 6.06. The Kier molecular flexibility index (Phi) is 7.74. The number of carboxylic acids is 1. The van der Waals surface area contributed by atoms with Gasteiger partial charge in [0.15, 0.2) is 11.5 Å². The molecule has 0 radical (unpaired) electrons. The maximum Gasteiger partial charge on any atom is 0.337 e. The molecule has 176 valence electrons. The molecule has 0 atom stereocenters. The van der Waals surface area contributed by atoms with Gasteiger partial charge in [0.05, 0.1) is 18.4 Å². The predicted octanol–water partition coefficient (Wildman–Crippen LogP) is 5.92. The number of para-hydroxylation sites is 1. The number of benzene rings is 3. The van der Waals surface area contributed by atoms with Crippen molar-refractivity contribution in [3.05, 3.63) is 95.1 Å². The third-order valence-electron chi connectivity index (χ3n) is 5.24. The number of amides is 1. The molecule has 2 N–H and O–H groups in total. The summed E-state index contributed by atoms with van der Waals surface area (Å²) in [7, 11) is 1.56. The highest BCUT2D eigenvalue weighted by atomic mass is 16.5. The molecule has 0 aliphatic rings. The van der Waals surface area contributed by atoms with Gasteiger partial charge in [-0.25, -0.2) is 4.79 Å². The van der Waals surface area contributed by atoms with Crippen LogP contribution in [0, 0.1) is 0 Å². The lowest BCUT2D eigenvalue weighted by Gasteiger charge is -2.19. The van der Waals surface area contributed by atoms with Gasteiger partial charge in [-0.1, -0.05) is 63.2 Å². The van der Waals surface area contributed by atoms with Gasteiger partial charge in [0.2, 0.25) is 5.91 Å².